The number of para-hydroxylation sites is 1. The highest BCUT2D eigenvalue weighted by Crippen LogP contribution is 2.10. The van der Waals surface area contributed by atoms with Crippen LogP contribution in [0.1, 0.15) is 25.4 Å². The Morgan fingerprint density at radius 1 is 1.24 bits per heavy atom. The molecule has 1 aromatic carbocycles. The van der Waals surface area contributed by atoms with Gasteiger partial charge in [0.05, 0.1) is 12.2 Å². The zero-order chi connectivity index (χ0) is 15.1. The Balaban J connectivity index is 1.86. The van der Waals surface area contributed by atoms with Crippen LogP contribution in [0.3, 0.4) is 0 Å². The second-order valence-corrected chi connectivity index (χ2v) is 5.63. The summed E-state index contributed by atoms with van der Waals surface area (Å²) in [6.07, 6.45) is 1.95. The summed E-state index contributed by atoms with van der Waals surface area (Å²) in [7, 11) is 0. The maximum atomic E-state index is 5.76. The van der Waals surface area contributed by atoms with E-state index in [1.807, 2.05) is 43.5 Å². The Labute approximate surface area is 127 Å². The van der Waals surface area contributed by atoms with Gasteiger partial charge in [0.2, 0.25) is 0 Å². The van der Waals surface area contributed by atoms with Gasteiger partial charge in [-0.3, -0.25) is 0 Å². The molecule has 0 unspecified atom stereocenters. The molecule has 1 aromatic heterocycles. The van der Waals surface area contributed by atoms with Crippen molar-refractivity contribution in [3.63, 3.8) is 0 Å². The summed E-state index contributed by atoms with van der Waals surface area (Å²) in [5.74, 6) is 2.60. The van der Waals surface area contributed by atoms with Gasteiger partial charge in [-0.15, -0.1) is 0 Å². The summed E-state index contributed by atoms with van der Waals surface area (Å²) in [6, 6.07) is 9.92. The molecule has 0 aliphatic carbocycles. The Hall–Kier alpha value is -1.81. The first-order chi connectivity index (χ1) is 10.2. The molecular formula is C17H25N3O. The van der Waals surface area contributed by atoms with Crippen LogP contribution >= 0.6 is 0 Å². The summed E-state index contributed by atoms with van der Waals surface area (Å²) in [5.41, 5.74) is 1.21. The minimum atomic E-state index is 0.651. The molecule has 0 atom stereocenters. The number of rotatable bonds is 8. The number of hydrogen-bond donors (Lipinski definition) is 1. The largest absolute Gasteiger partial charge is 0.492 e. The minimum Gasteiger partial charge on any atom is -0.492 e. The van der Waals surface area contributed by atoms with Crippen LogP contribution in [0.25, 0.3) is 0 Å². The molecule has 1 N–H and O–H groups in total. The van der Waals surface area contributed by atoms with Crippen molar-refractivity contribution in [2.75, 3.05) is 13.2 Å². The van der Waals surface area contributed by atoms with Crippen LogP contribution in [0.15, 0.2) is 36.5 Å². The number of aryl methyl sites for hydroxylation is 1. The van der Waals surface area contributed by atoms with Gasteiger partial charge in [0, 0.05) is 12.7 Å². The van der Waals surface area contributed by atoms with Crippen LogP contribution in [0.4, 0.5) is 0 Å². The zero-order valence-corrected chi connectivity index (χ0v) is 13.2. The van der Waals surface area contributed by atoms with Gasteiger partial charge in [-0.05, 0) is 31.5 Å². The van der Waals surface area contributed by atoms with Crippen molar-refractivity contribution in [1.82, 2.24) is 14.9 Å². The second kappa shape index (κ2) is 7.84. The minimum absolute atomic E-state index is 0.651. The van der Waals surface area contributed by atoms with E-state index in [1.165, 1.54) is 5.69 Å². The van der Waals surface area contributed by atoms with Crippen molar-refractivity contribution in [2.45, 2.75) is 33.9 Å². The number of ether oxygens (including phenoxy) is 1. The standard InChI is InChI=1S/C17H25N3O/c1-14(2)11-18-12-16-13-19-15(3)20(16)9-10-21-17-7-5-4-6-8-17/h4-8,13-14,18H,9-12H2,1-3H3. The van der Waals surface area contributed by atoms with Gasteiger partial charge in [-0.2, -0.15) is 0 Å². The third-order valence-corrected chi connectivity index (χ3v) is 3.32. The van der Waals surface area contributed by atoms with E-state index in [9.17, 15) is 0 Å². The Bertz CT molecular complexity index is 534. The average molecular weight is 287 g/mol. The smallest absolute Gasteiger partial charge is 0.119 e. The number of nitrogens with zero attached hydrogens (tertiary/aromatic N) is 2. The van der Waals surface area contributed by atoms with Gasteiger partial charge in [0.15, 0.2) is 0 Å². The molecular weight excluding hydrogens is 262 g/mol. The van der Waals surface area contributed by atoms with Gasteiger partial charge >= 0.3 is 0 Å². The fourth-order valence-electron chi connectivity index (χ4n) is 2.22. The van der Waals surface area contributed by atoms with Crippen LogP contribution in [0, 0.1) is 12.8 Å². The number of imidazole rings is 1. The van der Waals surface area contributed by atoms with Crippen molar-refractivity contribution in [2.24, 2.45) is 5.92 Å². The Morgan fingerprint density at radius 2 is 2.00 bits per heavy atom. The zero-order valence-electron chi connectivity index (χ0n) is 13.2. The van der Waals surface area contributed by atoms with Crippen LogP contribution in [0.2, 0.25) is 0 Å². The van der Waals surface area contributed by atoms with Crippen LogP contribution in [-0.2, 0) is 13.1 Å². The van der Waals surface area contributed by atoms with Crippen LogP contribution < -0.4 is 10.1 Å². The van der Waals surface area contributed by atoms with Crippen molar-refractivity contribution in [1.29, 1.82) is 0 Å². The molecule has 0 bridgehead atoms. The highest BCUT2D eigenvalue weighted by Gasteiger charge is 2.06. The molecule has 2 aromatic rings. The van der Waals surface area contributed by atoms with Crippen LogP contribution in [-0.4, -0.2) is 22.7 Å². The van der Waals surface area contributed by atoms with Crippen molar-refractivity contribution >= 4 is 0 Å². The highest BCUT2D eigenvalue weighted by atomic mass is 16.5. The number of benzene rings is 1. The van der Waals surface area contributed by atoms with E-state index in [4.69, 9.17) is 4.74 Å². The van der Waals surface area contributed by atoms with Crippen molar-refractivity contribution in [3.8, 4) is 5.75 Å². The van der Waals surface area contributed by atoms with E-state index < -0.39 is 0 Å². The predicted octanol–water partition coefficient (Wildman–Crippen LogP) is 3.02. The second-order valence-electron chi connectivity index (χ2n) is 5.63. The molecule has 0 spiro atoms. The first-order valence-corrected chi connectivity index (χ1v) is 7.56. The first-order valence-electron chi connectivity index (χ1n) is 7.56. The average Bonchev–Trinajstić information content (AvgIpc) is 2.81. The lowest BCUT2D eigenvalue weighted by Gasteiger charge is -2.13. The van der Waals surface area contributed by atoms with E-state index in [1.54, 1.807) is 0 Å². The Kier molecular flexibility index (Phi) is 5.81. The fraction of sp³-hybridized carbons (Fsp3) is 0.471. The lowest BCUT2D eigenvalue weighted by atomic mass is 10.2. The van der Waals surface area contributed by atoms with E-state index >= 15 is 0 Å². The normalized spacial score (nSPS) is 11.0. The van der Waals surface area contributed by atoms with E-state index in [0.717, 1.165) is 31.2 Å². The fourth-order valence-corrected chi connectivity index (χ4v) is 2.22. The molecule has 0 aliphatic rings. The molecule has 1 heterocycles. The Morgan fingerprint density at radius 3 is 2.71 bits per heavy atom. The SMILES string of the molecule is Cc1ncc(CNCC(C)C)n1CCOc1ccccc1. The third kappa shape index (κ3) is 4.90. The molecule has 4 heteroatoms. The van der Waals surface area contributed by atoms with Gasteiger partial charge in [-0.1, -0.05) is 32.0 Å². The van der Waals surface area contributed by atoms with Gasteiger partial charge in [0.25, 0.3) is 0 Å². The topological polar surface area (TPSA) is 39.1 Å². The van der Waals surface area contributed by atoms with Gasteiger partial charge in [-0.25, -0.2) is 4.98 Å². The monoisotopic (exact) mass is 287 g/mol. The summed E-state index contributed by atoms with van der Waals surface area (Å²) in [5, 5.41) is 3.46. The molecule has 2 rings (SSSR count). The summed E-state index contributed by atoms with van der Waals surface area (Å²) in [4.78, 5) is 4.41. The quantitative estimate of drug-likeness (QED) is 0.811. The lowest BCUT2D eigenvalue weighted by Crippen LogP contribution is -2.22. The highest BCUT2D eigenvalue weighted by molar-refractivity contribution is 5.20. The van der Waals surface area contributed by atoms with E-state index in [0.29, 0.717) is 12.5 Å². The van der Waals surface area contributed by atoms with Gasteiger partial charge < -0.3 is 14.6 Å². The molecule has 0 amide bonds. The lowest BCUT2D eigenvalue weighted by molar-refractivity contribution is 0.294. The summed E-state index contributed by atoms with van der Waals surface area (Å²) < 4.78 is 7.98. The summed E-state index contributed by atoms with van der Waals surface area (Å²) >= 11 is 0. The molecule has 0 saturated carbocycles. The number of hydrogen-bond acceptors (Lipinski definition) is 3. The third-order valence-electron chi connectivity index (χ3n) is 3.32. The molecule has 0 saturated heterocycles. The molecule has 0 fully saturated rings. The molecule has 4 nitrogen and oxygen atoms in total. The van der Waals surface area contributed by atoms with Crippen molar-refractivity contribution < 1.29 is 4.74 Å². The number of nitrogens with one attached hydrogen (secondary N) is 1. The maximum absolute atomic E-state index is 5.76. The molecule has 114 valence electrons. The molecule has 0 radical (unpaired) electrons. The van der Waals surface area contributed by atoms with Gasteiger partial charge in [0.1, 0.15) is 18.2 Å². The number of aromatic nitrogens is 2. The first kappa shape index (κ1) is 15.6. The molecule has 21 heavy (non-hydrogen) atoms. The molecule has 0 aliphatic heterocycles. The van der Waals surface area contributed by atoms with E-state index in [-0.39, 0.29) is 0 Å². The van der Waals surface area contributed by atoms with E-state index in [2.05, 4.69) is 28.7 Å². The van der Waals surface area contributed by atoms with Crippen LogP contribution in [0.5, 0.6) is 5.75 Å². The predicted molar refractivity (Wildman–Crippen MR) is 85.4 cm³/mol. The maximum Gasteiger partial charge on any atom is 0.119 e. The van der Waals surface area contributed by atoms with Crippen molar-refractivity contribution in [3.05, 3.63) is 48.0 Å². The summed E-state index contributed by atoms with van der Waals surface area (Å²) in [6.45, 7) is 9.80.